The van der Waals surface area contributed by atoms with Crippen molar-refractivity contribution in [1.29, 1.82) is 0 Å². The first-order valence-corrected chi connectivity index (χ1v) is 6.79. The van der Waals surface area contributed by atoms with E-state index in [1.54, 1.807) is 17.4 Å². The summed E-state index contributed by atoms with van der Waals surface area (Å²) in [5.41, 5.74) is 6.33. The second-order valence-electron chi connectivity index (χ2n) is 3.68. The highest BCUT2D eigenvalue weighted by atomic mass is 32.1. The summed E-state index contributed by atoms with van der Waals surface area (Å²) in [5.74, 6) is -0.286. The van der Waals surface area contributed by atoms with Crippen LogP contribution in [-0.2, 0) is 0 Å². The van der Waals surface area contributed by atoms with E-state index < -0.39 is 0 Å². The van der Waals surface area contributed by atoms with Gasteiger partial charge in [0.25, 0.3) is 5.91 Å². The number of aromatic nitrogens is 2. The minimum atomic E-state index is -0.286. The SMILES string of the molecule is C=CCNC(=S)NNC(=O)c1c(C)nc2sccn12. The zero-order valence-electron chi connectivity index (χ0n) is 10.3. The van der Waals surface area contributed by atoms with Gasteiger partial charge in [-0.15, -0.1) is 17.9 Å². The predicted molar refractivity (Wildman–Crippen MR) is 79.2 cm³/mol. The quantitative estimate of drug-likeness (QED) is 0.448. The molecule has 2 aromatic heterocycles. The van der Waals surface area contributed by atoms with Crippen molar-refractivity contribution in [2.45, 2.75) is 6.92 Å². The number of thiazole rings is 1. The zero-order chi connectivity index (χ0) is 13.8. The number of imidazole rings is 1. The zero-order valence-corrected chi connectivity index (χ0v) is 11.9. The van der Waals surface area contributed by atoms with Gasteiger partial charge >= 0.3 is 0 Å². The minimum absolute atomic E-state index is 0.286. The number of carbonyl (C=O) groups excluding carboxylic acids is 1. The maximum absolute atomic E-state index is 12.1. The smallest absolute Gasteiger partial charge is 0.288 e. The van der Waals surface area contributed by atoms with Crippen molar-refractivity contribution in [3.05, 3.63) is 35.6 Å². The number of nitrogens with zero attached hydrogens (tertiary/aromatic N) is 2. The number of carbonyl (C=O) groups is 1. The van der Waals surface area contributed by atoms with Crippen molar-refractivity contribution in [1.82, 2.24) is 25.6 Å². The van der Waals surface area contributed by atoms with Gasteiger partial charge in [0.15, 0.2) is 10.1 Å². The Balaban J connectivity index is 2.03. The first-order chi connectivity index (χ1) is 9.13. The molecule has 0 fully saturated rings. The maximum atomic E-state index is 12.1. The van der Waals surface area contributed by atoms with Crippen LogP contribution in [0.5, 0.6) is 0 Å². The number of hydrogen-bond acceptors (Lipinski definition) is 4. The second kappa shape index (κ2) is 5.81. The van der Waals surface area contributed by atoms with Gasteiger partial charge in [-0.1, -0.05) is 6.08 Å². The van der Waals surface area contributed by atoms with Gasteiger partial charge in [0.1, 0.15) is 5.69 Å². The third-order valence-electron chi connectivity index (χ3n) is 2.35. The maximum Gasteiger partial charge on any atom is 0.288 e. The molecule has 2 aromatic rings. The van der Waals surface area contributed by atoms with Crippen molar-refractivity contribution in [3.8, 4) is 0 Å². The molecule has 0 saturated heterocycles. The highest BCUT2D eigenvalue weighted by Crippen LogP contribution is 2.16. The van der Waals surface area contributed by atoms with E-state index in [1.807, 2.05) is 11.6 Å². The van der Waals surface area contributed by atoms with Crippen LogP contribution in [0.1, 0.15) is 16.2 Å². The summed E-state index contributed by atoms with van der Waals surface area (Å²) in [5, 5.41) is 5.05. The molecule has 19 heavy (non-hydrogen) atoms. The topological polar surface area (TPSA) is 70.5 Å². The first-order valence-electron chi connectivity index (χ1n) is 5.50. The lowest BCUT2D eigenvalue weighted by Crippen LogP contribution is -2.47. The summed E-state index contributed by atoms with van der Waals surface area (Å²) in [6.07, 6.45) is 3.48. The van der Waals surface area contributed by atoms with E-state index in [0.717, 1.165) is 4.96 Å². The number of nitrogens with one attached hydrogen (secondary N) is 3. The third kappa shape index (κ3) is 2.91. The van der Waals surface area contributed by atoms with Gasteiger partial charge in [-0.3, -0.25) is 20.0 Å². The molecule has 0 atom stereocenters. The lowest BCUT2D eigenvalue weighted by Gasteiger charge is -2.10. The van der Waals surface area contributed by atoms with E-state index in [1.165, 1.54) is 11.3 Å². The lowest BCUT2D eigenvalue weighted by atomic mass is 10.3. The van der Waals surface area contributed by atoms with Gasteiger partial charge in [-0.25, -0.2) is 4.98 Å². The molecule has 0 bridgehead atoms. The summed E-state index contributed by atoms with van der Waals surface area (Å²) in [7, 11) is 0. The van der Waals surface area contributed by atoms with Crippen molar-refractivity contribution in [3.63, 3.8) is 0 Å². The van der Waals surface area contributed by atoms with Gasteiger partial charge in [0.05, 0.1) is 5.69 Å². The van der Waals surface area contributed by atoms with E-state index in [2.05, 4.69) is 27.7 Å². The van der Waals surface area contributed by atoms with Gasteiger partial charge in [0, 0.05) is 18.1 Å². The molecule has 8 heteroatoms. The van der Waals surface area contributed by atoms with Crippen LogP contribution in [0.3, 0.4) is 0 Å². The average molecular weight is 295 g/mol. The fraction of sp³-hybridized carbons (Fsp3) is 0.182. The number of amides is 1. The molecule has 0 aliphatic heterocycles. The Bertz CT molecular complexity index is 630. The number of rotatable bonds is 3. The van der Waals surface area contributed by atoms with Gasteiger partial charge < -0.3 is 5.32 Å². The van der Waals surface area contributed by atoms with E-state index in [9.17, 15) is 4.79 Å². The molecule has 100 valence electrons. The average Bonchev–Trinajstić information content (AvgIpc) is 2.93. The van der Waals surface area contributed by atoms with Gasteiger partial charge in [-0.2, -0.15) is 0 Å². The van der Waals surface area contributed by atoms with Crippen LogP contribution in [-0.4, -0.2) is 26.9 Å². The van der Waals surface area contributed by atoms with Crippen LogP contribution < -0.4 is 16.2 Å². The Morgan fingerprint density at radius 2 is 2.42 bits per heavy atom. The van der Waals surface area contributed by atoms with Crippen LogP contribution in [0.25, 0.3) is 4.96 Å². The van der Waals surface area contributed by atoms with E-state index >= 15 is 0 Å². The number of thiocarbonyl (C=S) groups is 1. The first kappa shape index (κ1) is 13.5. The Labute approximate surface area is 119 Å². The van der Waals surface area contributed by atoms with Crippen LogP contribution >= 0.6 is 23.6 Å². The Kier molecular flexibility index (Phi) is 4.13. The van der Waals surface area contributed by atoms with Crippen molar-refractivity contribution in [2.24, 2.45) is 0 Å². The molecule has 0 aromatic carbocycles. The number of hydrogen-bond donors (Lipinski definition) is 3. The molecule has 6 nitrogen and oxygen atoms in total. The molecule has 0 radical (unpaired) electrons. The van der Waals surface area contributed by atoms with E-state index in [4.69, 9.17) is 12.2 Å². The molecule has 1 amide bonds. The van der Waals surface area contributed by atoms with Crippen LogP contribution in [0.4, 0.5) is 0 Å². The standard InChI is InChI=1S/C11H13N5OS2/c1-3-4-12-10(18)15-14-9(17)8-7(2)13-11-16(8)5-6-19-11/h3,5-6H,1,4H2,2H3,(H,14,17)(H2,12,15,18). The molecule has 0 aliphatic carbocycles. The van der Waals surface area contributed by atoms with Crippen molar-refractivity contribution in [2.75, 3.05) is 6.54 Å². The Morgan fingerprint density at radius 1 is 1.63 bits per heavy atom. The Hall–Kier alpha value is -1.93. The summed E-state index contributed by atoms with van der Waals surface area (Å²) in [4.78, 5) is 17.2. The van der Waals surface area contributed by atoms with Crippen LogP contribution in [0.15, 0.2) is 24.2 Å². The molecule has 0 spiro atoms. The molecule has 0 saturated carbocycles. The Morgan fingerprint density at radius 3 is 3.16 bits per heavy atom. The van der Waals surface area contributed by atoms with E-state index in [0.29, 0.717) is 23.0 Å². The monoisotopic (exact) mass is 295 g/mol. The van der Waals surface area contributed by atoms with Gasteiger partial charge in [-0.05, 0) is 19.1 Å². The fourth-order valence-electron chi connectivity index (χ4n) is 1.55. The van der Waals surface area contributed by atoms with Crippen LogP contribution in [0.2, 0.25) is 0 Å². The molecular weight excluding hydrogens is 282 g/mol. The second-order valence-corrected chi connectivity index (χ2v) is 4.96. The largest absolute Gasteiger partial charge is 0.358 e. The van der Waals surface area contributed by atoms with Gasteiger partial charge in [0.2, 0.25) is 0 Å². The lowest BCUT2D eigenvalue weighted by molar-refractivity contribution is 0.0937. The number of hydrazine groups is 1. The van der Waals surface area contributed by atoms with Crippen molar-refractivity contribution < 1.29 is 4.79 Å². The molecular formula is C11H13N5OS2. The van der Waals surface area contributed by atoms with Crippen molar-refractivity contribution >= 4 is 39.5 Å². The summed E-state index contributed by atoms with van der Waals surface area (Å²) in [6, 6.07) is 0. The molecule has 2 rings (SSSR count). The summed E-state index contributed by atoms with van der Waals surface area (Å²) >= 11 is 6.45. The highest BCUT2D eigenvalue weighted by Gasteiger charge is 2.17. The molecule has 0 unspecified atom stereocenters. The predicted octanol–water partition coefficient (Wildman–Crippen LogP) is 0.999. The number of fused-ring (bicyclic) bond motifs is 1. The number of aryl methyl sites for hydroxylation is 1. The summed E-state index contributed by atoms with van der Waals surface area (Å²) < 4.78 is 1.75. The third-order valence-corrected chi connectivity index (χ3v) is 3.35. The highest BCUT2D eigenvalue weighted by molar-refractivity contribution is 7.80. The molecule has 2 heterocycles. The summed E-state index contributed by atoms with van der Waals surface area (Å²) in [6.45, 7) is 5.89. The normalized spacial score (nSPS) is 10.2. The molecule has 0 aliphatic rings. The molecule has 3 N–H and O–H groups in total. The fourth-order valence-corrected chi connectivity index (χ4v) is 2.44. The van der Waals surface area contributed by atoms with Crippen LogP contribution in [0, 0.1) is 6.92 Å². The van der Waals surface area contributed by atoms with E-state index in [-0.39, 0.29) is 5.91 Å². The minimum Gasteiger partial charge on any atom is -0.358 e.